The minimum absolute atomic E-state index is 0.238. The standard InChI is InChI=1S/C17H27NO2/c1-14-6-8-16(9-7-14)20-12-15(2)18-13-17(19)10-4-3-5-11-17/h6-9,15,18-19H,3-5,10-13H2,1-2H3. The second kappa shape index (κ2) is 7.09. The smallest absolute Gasteiger partial charge is 0.119 e. The third-order valence-corrected chi connectivity index (χ3v) is 4.08. The van der Waals surface area contributed by atoms with E-state index in [4.69, 9.17) is 4.74 Å². The Labute approximate surface area is 122 Å². The summed E-state index contributed by atoms with van der Waals surface area (Å²) < 4.78 is 5.75. The average molecular weight is 277 g/mol. The number of nitrogens with one attached hydrogen (secondary N) is 1. The van der Waals surface area contributed by atoms with E-state index in [-0.39, 0.29) is 6.04 Å². The Balaban J connectivity index is 1.69. The summed E-state index contributed by atoms with van der Waals surface area (Å²) in [4.78, 5) is 0. The first-order valence-corrected chi connectivity index (χ1v) is 7.73. The molecular formula is C17H27NO2. The number of aryl methyl sites for hydroxylation is 1. The van der Waals surface area contributed by atoms with Crippen molar-refractivity contribution in [1.29, 1.82) is 0 Å². The third kappa shape index (κ3) is 4.80. The van der Waals surface area contributed by atoms with Crippen molar-refractivity contribution >= 4 is 0 Å². The molecule has 0 saturated heterocycles. The Morgan fingerprint density at radius 2 is 1.85 bits per heavy atom. The molecule has 0 aromatic heterocycles. The SMILES string of the molecule is Cc1ccc(OCC(C)NCC2(O)CCCCC2)cc1. The van der Waals surface area contributed by atoms with Gasteiger partial charge in [0.25, 0.3) is 0 Å². The van der Waals surface area contributed by atoms with Gasteiger partial charge in [-0.05, 0) is 38.8 Å². The molecular weight excluding hydrogens is 250 g/mol. The van der Waals surface area contributed by atoms with Crippen LogP contribution in [-0.2, 0) is 0 Å². The molecule has 1 saturated carbocycles. The minimum Gasteiger partial charge on any atom is -0.492 e. The van der Waals surface area contributed by atoms with Crippen molar-refractivity contribution in [1.82, 2.24) is 5.32 Å². The summed E-state index contributed by atoms with van der Waals surface area (Å²) in [6.45, 7) is 5.46. The number of ether oxygens (including phenoxy) is 1. The van der Waals surface area contributed by atoms with Crippen LogP contribution in [-0.4, -0.2) is 29.9 Å². The van der Waals surface area contributed by atoms with Crippen LogP contribution in [0.15, 0.2) is 24.3 Å². The van der Waals surface area contributed by atoms with Crippen LogP contribution in [0.1, 0.15) is 44.6 Å². The Hall–Kier alpha value is -1.06. The van der Waals surface area contributed by atoms with Crippen molar-refractivity contribution in [2.45, 2.75) is 57.6 Å². The molecule has 1 unspecified atom stereocenters. The van der Waals surface area contributed by atoms with Gasteiger partial charge in [-0.25, -0.2) is 0 Å². The van der Waals surface area contributed by atoms with Gasteiger partial charge in [-0.2, -0.15) is 0 Å². The van der Waals surface area contributed by atoms with Crippen LogP contribution in [0.5, 0.6) is 5.75 Å². The Kier molecular flexibility index (Phi) is 5.44. The summed E-state index contributed by atoms with van der Waals surface area (Å²) in [7, 11) is 0. The van der Waals surface area contributed by atoms with Crippen molar-refractivity contribution in [2.24, 2.45) is 0 Å². The molecule has 3 heteroatoms. The fraction of sp³-hybridized carbons (Fsp3) is 0.647. The highest BCUT2D eigenvalue weighted by Crippen LogP contribution is 2.27. The zero-order valence-electron chi connectivity index (χ0n) is 12.7. The van der Waals surface area contributed by atoms with Gasteiger partial charge >= 0.3 is 0 Å². The van der Waals surface area contributed by atoms with Gasteiger partial charge in [0.1, 0.15) is 12.4 Å². The summed E-state index contributed by atoms with van der Waals surface area (Å²) >= 11 is 0. The van der Waals surface area contributed by atoms with E-state index < -0.39 is 5.60 Å². The monoisotopic (exact) mass is 277 g/mol. The number of hydrogen-bond acceptors (Lipinski definition) is 3. The number of benzene rings is 1. The van der Waals surface area contributed by atoms with Crippen molar-refractivity contribution in [3.8, 4) is 5.75 Å². The molecule has 3 nitrogen and oxygen atoms in total. The summed E-state index contributed by atoms with van der Waals surface area (Å²) in [6, 6.07) is 8.34. The van der Waals surface area contributed by atoms with Gasteiger partial charge in [-0.3, -0.25) is 0 Å². The predicted molar refractivity (Wildman–Crippen MR) is 82.2 cm³/mol. The van der Waals surface area contributed by atoms with Crippen LogP contribution in [0.25, 0.3) is 0 Å². The van der Waals surface area contributed by atoms with Crippen molar-refractivity contribution in [2.75, 3.05) is 13.2 Å². The molecule has 1 aliphatic rings. The van der Waals surface area contributed by atoms with Crippen LogP contribution < -0.4 is 10.1 Å². The molecule has 2 rings (SSSR count). The summed E-state index contributed by atoms with van der Waals surface area (Å²) in [5.41, 5.74) is 0.735. The first-order chi connectivity index (χ1) is 9.57. The van der Waals surface area contributed by atoms with E-state index >= 15 is 0 Å². The molecule has 1 aromatic carbocycles. The number of hydrogen-bond donors (Lipinski definition) is 2. The van der Waals surface area contributed by atoms with E-state index in [1.54, 1.807) is 0 Å². The molecule has 0 heterocycles. The zero-order valence-corrected chi connectivity index (χ0v) is 12.7. The highest BCUT2D eigenvalue weighted by molar-refractivity contribution is 5.26. The fourth-order valence-electron chi connectivity index (χ4n) is 2.67. The molecule has 0 aliphatic heterocycles. The molecule has 1 fully saturated rings. The van der Waals surface area contributed by atoms with Crippen LogP contribution in [0, 0.1) is 6.92 Å². The lowest BCUT2D eigenvalue weighted by Crippen LogP contribution is -2.46. The second-order valence-corrected chi connectivity index (χ2v) is 6.19. The molecule has 0 spiro atoms. The Morgan fingerprint density at radius 3 is 2.50 bits per heavy atom. The van der Waals surface area contributed by atoms with Gasteiger partial charge in [-0.1, -0.05) is 37.0 Å². The van der Waals surface area contributed by atoms with Crippen LogP contribution >= 0.6 is 0 Å². The van der Waals surface area contributed by atoms with Crippen LogP contribution in [0.4, 0.5) is 0 Å². The maximum Gasteiger partial charge on any atom is 0.119 e. The van der Waals surface area contributed by atoms with Gasteiger partial charge in [-0.15, -0.1) is 0 Å². The first-order valence-electron chi connectivity index (χ1n) is 7.73. The van der Waals surface area contributed by atoms with Crippen molar-refractivity contribution < 1.29 is 9.84 Å². The van der Waals surface area contributed by atoms with Gasteiger partial charge in [0, 0.05) is 12.6 Å². The van der Waals surface area contributed by atoms with Gasteiger partial charge in [0.05, 0.1) is 5.60 Å². The highest BCUT2D eigenvalue weighted by atomic mass is 16.5. The predicted octanol–water partition coefficient (Wildman–Crippen LogP) is 3.05. The van der Waals surface area contributed by atoms with Crippen LogP contribution in [0.2, 0.25) is 0 Å². The van der Waals surface area contributed by atoms with Crippen molar-refractivity contribution in [3.63, 3.8) is 0 Å². The van der Waals surface area contributed by atoms with E-state index in [1.165, 1.54) is 12.0 Å². The average Bonchev–Trinajstić information content (AvgIpc) is 2.45. The maximum absolute atomic E-state index is 10.4. The largest absolute Gasteiger partial charge is 0.492 e. The molecule has 0 amide bonds. The van der Waals surface area contributed by atoms with E-state index in [9.17, 15) is 5.11 Å². The van der Waals surface area contributed by atoms with Gasteiger partial charge < -0.3 is 15.2 Å². The number of rotatable bonds is 6. The summed E-state index contributed by atoms with van der Waals surface area (Å²) in [5.74, 6) is 0.903. The van der Waals surface area contributed by atoms with Crippen molar-refractivity contribution in [3.05, 3.63) is 29.8 Å². The van der Waals surface area contributed by atoms with E-state index in [2.05, 4.69) is 31.3 Å². The maximum atomic E-state index is 10.4. The van der Waals surface area contributed by atoms with Crippen LogP contribution in [0.3, 0.4) is 0 Å². The molecule has 0 bridgehead atoms. The molecule has 0 radical (unpaired) electrons. The Bertz CT molecular complexity index is 396. The lowest BCUT2D eigenvalue weighted by Gasteiger charge is -2.33. The fourth-order valence-corrected chi connectivity index (χ4v) is 2.67. The molecule has 1 aliphatic carbocycles. The number of aliphatic hydroxyl groups is 1. The quantitative estimate of drug-likeness (QED) is 0.839. The van der Waals surface area contributed by atoms with E-state index in [0.717, 1.165) is 31.4 Å². The lowest BCUT2D eigenvalue weighted by atomic mass is 9.85. The second-order valence-electron chi connectivity index (χ2n) is 6.19. The van der Waals surface area contributed by atoms with Gasteiger partial charge in [0.15, 0.2) is 0 Å². The Morgan fingerprint density at radius 1 is 1.20 bits per heavy atom. The third-order valence-electron chi connectivity index (χ3n) is 4.08. The zero-order chi connectivity index (χ0) is 14.4. The summed E-state index contributed by atoms with van der Waals surface area (Å²) in [6.07, 6.45) is 5.39. The highest BCUT2D eigenvalue weighted by Gasteiger charge is 2.29. The normalized spacial score (nSPS) is 19.6. The topological polar surface area (TPSA) is 41.5 Å². The molecule has 1 atom stereocenters. The van der Waals surface area contributed by atoms with E-state index in [0.29, 0.717) is 13.2 Å². The lowest BCUT2D eigenvalue weighted by molar-refractivity contribution is 0.00198. The van der Waals surface area contributed by atoms with Gasteiger partial charge in [0.2, 0.25) is 0 Å². The van der Waals surface area contributed by atoms with E-state index in [1.807, 2.05) is 12.1 Å². The minimum atomic E-state index is -0.504. The molecule has 1 aromatic rings. The summed E-state index contributed by atoms with van der Waals surface area (Å²) in [5, 5.41) is 13.8. The first kappa shape index (κ1) is 15.3. The molecule has 2 N–H and O–H groups in total. The molecule has 20 heavy (non-hydrogen) atoms. The molecule has 112 valence electrons.